The number of benzene rings is 2. The maximum absolute atomic E-state index is 11.6. The van der Waals surface area contributed by atoms with Crippen molar-refractivity contribution in [2.45, 2.75) is 0 Å². The first kappa shape index (κ1) is 13.5. The normalized spacial score (nSPS) is 10.9. The molecule has 0 aromatic heterocycles. The summed E-state index contributed by atoms with van der Waals surface area (Å²) in [5.74, 6) is -1.96. The predicted octanol–water partition coefficient (Wildman–Crippen LogP) is 2.76. The molecule has 0 atom stereocenters. The third-order valence-electron chi connectivity index (χ3n) is 2.49. The molecule has 0 saturated heterocycles. The van der Waals surface area contributed by atoms with Gasteiger partial charge in [0, 0.05) is 11.6 Å². The first-order chi connectivity index (χ1) is 9.66. The zero-order valence-electron chi connectivity index (χ0n) is 10.5. The van der Waals surface area contributed by atoms with Crippen LogP contribution in [0.25, 0.3) is 5.76 Å². The summed E-state index contributed by atoms with van der Waals surface area (Å²) in [5.41, 5.74) is 0.452. The zero-order valence-corrected chi connectivity index (χ0v) is 10.5. The van der Waals surface area contributed by atoms with Crippen molar-refractivity contribution in [1.29, 1.82) is 0 Å². The summed E-state index contributed by atoms with van der Waals surface area (Å²) in [6.45, 7) is 0. The largest absolute Gasteiger partial charge is 0.507 e. The van der Waals surface area contributed by atoms with Crippen molar-refractivity contribution >= 4 is 17.5 Å². The molecule has 0 aliphatic heterocycles. The third kappa shape index (κ3) is 3.55. The number of hydrogen-bond donors (Lipinski definition) is 1. The fourth-order valence-corrected chi connectivity index (χ4v) is 1.52. The van der Waals surface area contributed by atoms with Gasteiger partial charge in [0.15, 0.2) is 0 Å². The van der Waals surface area contributed by atoms with Crippen molar-refractivity contribution in [2.75, 3.05) is 0 Å². The van der Waals surface area contributed by atoms with Crippen molar-refractivity contribution in [3.63, 3.8) is 0 Å². The molecule has 0 radical (unpaired) electrons. The molecule has 0 spiro atoms. The van der Waals surface area contributed by atoms with Crippen LogP contribution in [-0.4, -0.2) is 16.9 Å². The molecule has 1 N–H and O–H groups in total. The summed E-state index contributed by atoms with van der Waals surface area (Å²) in [4.78, 5) is 23.2. The van der Waals surface area contributed by atoms with Gasteiger partial charge in [0.05, 0.1) is 0 Å². The molecular formula is C16H12O4. The number of ether oxygens (including phenoxy) is 1. The van der Waals surface area contributed by atoms with Crippen LogP contribution in [0.5, 0.6) is 5.75 Å². The first-order valence-corrected chi connectivity index (χ1v) is 5.94. The van der Waals surface area contributed by atoms with Crippen LogP contribution in [0.15, 0.2) is 66.7 Å². The van der Waals surface area contributed by atoms with E-state index in [1.807, 2.05) is 0 Å². The Morgan fingerprint density at radius 3 is 2.05 bits per heavy atom. The van der Waals surface area contributed by atoms with E-state index in [0.29, 0.717) is 5.56 Å². The highest BCUT2D eigenvalue weighted by Gasteiger charge is 2.15. The van der Waals surface area contributed by atoms with E-state index in [0.717, 1.165) is 6.08 Å². The van der Waals surface area contributed by atoms with E-state index in [1.54, 1.807) is 60.7 Å². The van der Waals surface area contributed by atoms with Crippen molar-refractivity contribution in [3.05, 3.63) is 72.3 Å². The van der Waals surface area contributed by atoms with Crippen LogP contribution in [-0.2, 0) is 9.59 Å². The minimum absolute atomic E-state index is 0.276. The summed E-state index contributed by atoms with van der Waals surface area (Å²) in [5, 5.41) is 9.74. The molecule has 0 heterocycles. The Morgan fingerprint density at radius 2 is 1.45 bits per heavy atom. The smallest absolute Gasteiger partial charge is 0.384 e. The lowest BCUT2D eigenvalue weighted by Gasteiger charge is -2.02. The van der Waals surface area contributed by atoms with E-state index >= 15 is 0 Å². The van der Waals surface area contributed by atoms with E-state index < -0.39 is 11.8 Å². The maximum atomic E-state index is 11.6. The maximum Gasteiger partial charge on any atom is 0.384 e. The average molecular weight is 268 g/mol. The Hall–Kier alpha value is -2.88. The molecule has 0 fully saturated rings. The second kappa shape index (κ2) is 6.33. The Balaban J connectivity index is 2.06. The number of carbonyl (C=O) groups excluding carboxylic acids is 2. The minimum atomic E-state index is -1.04. The number of hydrogen-bond acceptors (Lipinski definition) is 4. The van der Waals surface area contributed by atoms with Crippen molar-refractivity contribution in [3.8, 4) is 5.75 Å². The van der Waals surface area contributed by atoms with E-state index in [4.69, 9.17) is 4.74 Å². The summed E-state index contributed by atoms with van der Waals surface area (Å²) in [7, 11) is 0. The van der Waals surface area contributed by atoms with Gasteiger partial charge in [-0.15, -0.1) is 0 Å². The van der Waals surface area contributed by atoms with Crippen LogP contribution in [0.2, 0.25) is 0 Å². The van der Waals surface area contributed by atoms with Crippen LogP contribution in [0.3, 0.4) is 0 Å². The molecule has 0 aliphatic carbocycles. The van der Waals surface area contributed by atoms with E-state index in [9.17, 15) is 14.7 Å². The topological polar surface area (TPSA) is 63.6 Å². The lowest BCUT2D eigenvalue weighted by Crippen LogP contribution is -2.18. The summed E-state index contributed by atoms with van der Waals surface area (Å²) >= 11 is 0. The number of aliphatic hydroxyl groups is 1. The Kier molecular flexibility index (Phi) is 4.29. The standard InChI is InChI=1S/C16H12O4/c17-14(12-7-3-1-4-8-12)11-15(18)16(19)20-13-9-5-2-6-10-13/h1-11,17H/b14-11-. The molecule has 2 aromatic carbocycles. The molecule has 0 unspecified atom stereocenters. The van der Waals surface area contributed by atoms with Crippen LogP contribution >= 0.6 is 0 Å². The van der Waals surface area contributed by atoms with Crippen LogP contribution in [0, 0.1) is 0 Å². The Labute approximate surface area is 115 Å². The summed E-state index contributed by atoms with van der Waals surface area (Å²) < 4.78 is 4.87. The van der Waals surface area contributed by atoms with E-state index in [1.165, 1.54) is 0 Å². The molecule has 0 aliphatic rings. The van der Waals surface area contributed by atoms with Gasteiger partial charge >= 0.3 is 5.97 Å². The van der Waals surface area contributed by atoms with E-state index in [-0.39, 0.29) is 11.5 Å². The Morgan fingerprint density at radius 1 is 0.900 bits per heavy atom. The second-order valence-corrected chi connectivity index (χ2v) is 3.96. The Bertz CT molecular complexity index is 630. The van der Waals surface area contributed by atoms with Gasteiger partial charge < -0.3 is 9.84 Å². The number of ketones is 1. The van der Waals surface area contributed by atoms with Crippen LogP contribution < -0.4 is 4.74 Å². The SMILES string of the molecule is O=C(/C=C(\O)c1ccccc1)C(=O)Oc1ccccc1. The number of esters is 1. The molecule has 20 heavy (non-hydrogen) atoms. The van der Waals surface area contributed by atoms with Crippen molar-refractivity contribution in [2.24, 2.45) is 0 Å². The molecule has 0 saturated carbocycles. The van der Waals surface area contributed by atoms with Gasteiger partial charge in [-0.2, -0.15) is 0 Å². The third-order valence-corrected chi connectivity index (χ3v) is 2.49. The lowest BCUT2D eigenvalue weighted by molar-refractivity contribution is -0.144. The highest BCUT2D eigenvalue weighted by molar-refractivity contribution is 6.39. The first-order valence-electron chi connectivity index (χ1n) is 5.94. The molecular weight excluding hydrogens is 256 g/mol. The second-order valence-electron chi connectivity index (χ2n) is 3.96. The highest BCUT2D eigenvalue weighted by atomic mass is 16.5. The molecule has 4 nitrogen and oxygen atoms in total. The van der Waals surface area contributed by atoms with Gasteiger partial charge in [0.1, 0.15) is 11.5 Å². The monoisotopic (exact) mass is 268 g/mol. The molecule has 0 bridgehead atoms. The molecule has 0 amide bonds. The molecule has 2 rings (SSSR count). The summed E-state index contributed by atoms with van der Waals surface area (Å²) in [6, 6.07) is 16.7. The van der Waals surface area contributed by atoms with Gasteiger partial charge in [-0.25, -0.2) is 4.79 Å². The van der Waals surface area contributed by atoms with Gasteiger partial charge in [-0.05, 0) is 12.1 Å². The number of rotatable bonds is 4. The van der Waals surface area contributed by atoms with Gasteiger partial charge in [0.25, 0.3) is 5.78 Å². The number of carbonyl (C=O) groups is 2. The van der Waals surface area contributed by atoms with Crippen molar-refractivity contribution < 1.29 is 19.4 Å². The van der Waals surface area contributed by atoms with Gasteiger partial charge in [-0.3, -0.25) is 4.79 Å². The quantitative estimate of drug-likeness (QED) is 0.304. The number of para-hydroxylation sites is 1. The van der Waals surface area contributed by atoms with Gasteiger partial charge in [0.2, 0.25) is 0 Å². The molecule has 100 valence electrons. The summed E-state index contributed by atoms with van der Waals surface area (Å²) in [6.07, 6.45) is 0.848. The number of aliphatic hydroxyl groups excluding tert-OH is 1. The lowest BCUT2D eigenvalue weighted by atomic mass is 10.1. The minimum Gasteiger partial charge on any atom is -0.507 e. The zero-order chi connectivity index (χ0) is 14.4. The molecule has 4 heteroatoms. The van der Waals surface area contributed by atoms with E-state index in [2.05, 4.69) is 0 Å². The van der Waals surface area contributed by atoms with Crippen molar-refractivity contribution in [1.82, 2.24) is 0 Å². The predicted molar refractivity (Wildman–Crippen MR) is 74.1 cm³/mol. The molecule has 2 aromatic rings. The highest BCUT2D eigenvalue weighted by Crippen LogP contribution is 2.12. The fourth-order valence-electron chi connectivity index (χ4n) is 1.52. The van der Waals surface area contributed by atoms with Crippen LogP contribution in [0.4, 0.5) is 0 Å². The van der Waals surface area contributed by atoms with Crippen LogP contribution in [0.1, 0.15) is 5.56 Å². The average Bonchev–Trinajstić information content (AvgIpc) is 2.49. The fraction of sp³-hybridized carbons (Fsp3) is 0. The van der Waals surface area contributed by atoms with Gasteiger partial charge in [-0.1, -0.05) is 48.5 Å².